The van der Waals surface area contributed by atoms with Crippen LogP contribution in [-0.2, 0) is 4.79 Å². The Kier molecular flexibility index (Phi) is 9.41. The summed E-state index contributed by atoms with van der Waals surface area (Å²) in [5.74, 6) is -2.44. The highest BCUT2D eigenvalue weighted by Crippen LogP contribution is 2.28. The van der Waals surface area contributed by atoms with Crippen molar-refractivity contribution in [3.05, 3.63) is 68.3 Å². The number of thiophene rings is 1. The van der Waals surface area contributed by atoms with E-state index in [0.29, 0.717) is 23.5 Å². The van der Waals surface area contributed by atoms with E-state index in [1.807, 2.05) is 0 Å². The highest BCUT2D eigenvalue weighted by molar-refractivity contribution is 7.13. The first kappa shape index (κ1) is 24.3. The maximum atomic E-state index is 14.8. The number of carbonyl (C=O) groups is 1. The van der Waals surface area contributed by atoms with E-state index in [-0.39, 0.29) is 11.4 Å². The third-order valence-electron chi connectivity index (χ3n) is 4.62. The summed E-state index contributed by atoms with van der Waals surface area (Å²) in [5.41, 5.74) is 0.0679. The summed E-state index contributed by atoms with van der Waals surface area (Å²) >= 11 is 1.28. The number of nitrogens with zero attached hydrogens (tertiary/aromatic N) is 2. The molecule has 0 aliphatic heterocycles. The summed E-state index contributed by atoms with van der Waals surface area (Å²) in [6, 6.07) is 6.11. The fraction of sp³-hybridized carbons (Fsp3) is 0.333. The van der Waals surface area contributed by atoms with Gasteiger partial charge in [-0.3, -0.25) is 4.79 Å². The molecule has 1 N–H and O–H groups in total. The molecule has 0 unspecified atom stereocenters. The van der Waals surface area contributed by atoms with E-state index in [0.717, 1.165) is 30.6 Å². The number of benzene rings is 1. The molecule has 0 radical (unpaired) electrons. The Morgan fingerprint density at radius 2 is 1.68 bits per heavy atom. The molecule has 0 aliphatic carbocycles. The number of aliphatic carboxylic acids is 1. The molecule has 0 aliphatic rings. The number of carboxylic acids is 1. The molecule has 1 aromatic heterocycles. The van der Waals surface area contributed by atoms with Gasteiger partial charge in [0.2, 0.25) is 0 Å². The Hall–Kier alpha value is -2.98. The third kappa shape index (κ3) is 7.04. The fourth-order valence-electron chi connectivity index (χ4n) is 3.01. The molecule has 0 saturated heterocycles. The Morgan fingerprint density at radius 1 is 1.10 bits per heavy atom. The van der Waals surface area contributed by atoms with E-state index in [1.54, 1.807) is 29.2 Å². The summed E-state index contributed by atoms with van der Waals surface area (Å²) in [7, 11) is 0. The lowest BCUT2D eigenvalue weighted by molar-refractivity contribution is -0.132. The molecular formula is C24H26F2N2O2S. The summed E-state index contributed by atoms with van der Waals surface area (Å²) in [6.07, 6.45) is 8.27. The van der Waals surface area contributed by atoms with Crippen LogP contribution >= 0.6 is 11.3 Å². The van der Waals surface area contributed by atoms with E-state index in [2.05, 4.69) is 18.7 Å². The molecule has 7 heteroatoms. The van der Waals surface area contributed by atoms with Crippen molar-refractivity contribution in [2.45, 2.75) is 39.5 Å². The molecule has 1 heterocycles. The summed E-state index contributed by atoms with van der Waals surface area (Å²) in [5, 5.41) is 8.94. The second-order valence-electron chi connectivity index (χ2n) is 7.05. The van der Waals surface area contributed by atoms with Crippen LogP contribution in [-0.4, -0.2) is 24.2 Å². The minimum Gasteiger partial charge on any atom is -0.486 e. The lowest BCUT2D eigenvalue weighted by atomic mass is 10.1. The van der Waals surface area contributed by atoms with Gasteiger partial charge in [-0.2, -0.15) is 0 Å². The van der Waals surface area contributed by atoms with Gasteiger partial charge in [0, 0.05) is 22.8 Å². The number of anilines is 1. The fourth-order valence-corrected chi connectivity index (χ4v) is 3.86. The van der Waals surface area contributed by atoms with Crippen molar-refractivity contribution in [3.63, 3.8) is 0 Å². The van der Waals surface area contributed by atoms with Crippen LogP contribution in [0.1, 0.15) is 54.8 Å². The lowest BCUT2D eigenvalue weighted by Crippen LogP contribution is -2.27. The molecule has 2 aromatic rings. The van der Waals surface area contributed by atoms with E-state index in [1.165, 1.54) is 29.5 Å². The zero-order valence-electron chi connectivity index (χ0n) is 17.7. The number of rotatable bonds is 11. The van der Waals surface area contributed by atoms with Gasteiger partial charge < -0.3 is 10.0 Å². The van der Waals surface area contributed by atoms with Crippen LogP contribution < -0.4 is 4.90 Å². The summed E-state index contributed by atoms with van der Waals surface area (Å²) in [6.45, 7) is 12.2. The Labute approximate surface area is 186 Å². The van der Waals surface area contributed by atoms with Crippen molar-refractivity contribution in [2.24, 2.45) is 0 Å². The standard InChI is InChI=1S/C24H26F2N2O2S/c1-4-6-12-28(13-7-5-2)23-20(25)14-17(15-21(23)26)8-9-18-10-11-19(31-18)16-22(27-3)24(29)30/h8-11,14-16H,4-7,12-13H2,1-2H3,(H,29,30). The van der Waals surface area contributed by atoms with Gasteiger partial charge in [0.05, 0.1) is 6.57 Å². The maximum Gasteiger partial charge on any atom is 0.333 e. The topological polar surface area (TPSA) is 44.9 Å². The predicted molar refractivity (Wildman–Crippen MR) is 124 cm³/mol. The van der Waals surface area contributed by atoms with Gasteiger partial charge >= 0.3 is 5.97 Å². The van der Waals surface area contributed by atoms with Crippen molar-refractivity contribution >= 4 is 41.2 Å². The Morgan fingerprint density at radius 3 is 2.19 bits per heavy atom. The molecule has 4 nitrogen and oxygen atoms in total. The molecule has 0 bridgehead atoms. The van der Waals surface area contributed by atoms with Gasteiger partial charge in [-0.05, 0) is 54.8 Å². The van der Waals surface area contributed by atoms with Crippen LogP contribution in [0.5, 0.6) is 0 Å². The molecule has 2 rings (SSSR count). The smallest absolute Gasteiger partial charge is 0.333 e. The number of unbranched alkanes of at least 4 members (excludes halogenated alkanes) is 2. The van der Waals surface area contributed by atoms with Gasteiger partial charge in [-0.25, -0.2) is 13.6 Å². The molecule has 0 atom stereocenters. The minimum atomic E-state index is -1.28. The van der Waals surface area contributed by atoms with Crippen LogP contribution in [0.3, 0.4) is 0 Å². The van der Waals surface area contributed by atoms with Gasteiger partial charge in [0.1, 0.15) is 17.3 Å². The van der Waals surface area contributed by atoms with Crippen LogP contribution in [0.25, 0.3) is 23.1 Å². The highest BCUT2D eigenvalue weighted by atomic mass is 32.1. The largest absolute Gasteiger partial charge is 0.486 e. The number of hydrogen-bond donors (Lipinski definition) is 1. The molecule has 1 aromatic carbocycles. The molecular weight excluding hydrogens is 418 g/mol. The average molecular weight is 445 g/mol. The normalized spacial score (nSPS) is 11.6. The van der Waals surface area contributed by atoms with Crippen molar-refractivity contribution in [1.29, 1.82) is 0 Å². The number of carboxylic acid groups (broad SMARTS) is 1. The lowest BCUT2D eigenvalue weighted by Gasteiger charge is -2.25. The first-order valence-electron chi connectivity index (χ1n) is 10.2. The van der Waals surface area contributed by atoms with Crippen molar-refractivity contribution < 1.29 is 18.7 Å². The average Bonchev–Trinajstić information content (AvgIpc) is 3.18. The van der Waals surface area contributed by atoms with Crippen molar-refractivity contribution in [2.75, 3.05) is 18.0 Å². The number of halogens is 2. The van der Waals surface area contributed by atoms with Gasteiger partial charge in [0.15, 0.2) is 0 Å². The predicted octanol–water partition coefficient (Wildman–Crippen LogP) is 6.95. The van der Waals surface area contributed by atoms with E-state index in [9.17, 15) is 13.6 Å². The van der Waals surface area contributed by atoms with E-state index in [4.69, 9.17) is 11.7 Å². The first-order valence-corrected chi connectivity index (χ1v) is 11.1. The van der Waals surface area contributed by atoms with Crippen LogP contribution in [0, 0.1) is 18.2 Å². The summed E-state index contributed by atoms with van der Waals surface area (Å²) < 4.78 is 29.6. The molecule has 31 heavy (non-hydrogen) atoms. The van der Waals surface area contributed by atoms with Gasteiger partial charge in [-0.1, -0.05) is 32.8 Å². The Balaban J connectivity index is 2.23. The maximum absolute atomic E-state index is 14.8. The third-order valence-corrected chi connectivity index (χ3v) is 5.62. The zero-order chi connectivity index (χ0) is 22.8. The molecule has 0 fully saturated rings. The van der Waals surface area contributed by atoms with Crippen LogP contribution in [0.15, 0.2) is 30.0 Å². The quantitative estimate of drug-likeness (QED) is 0.301. The monoisotopic (exact) mass is 444 g/mol. The second kappa shape index (κ2) is 12.0. The minimum absolute atomic E-state index is 0.0305. The van der Waals surface area contributed by atoms with Gasteiger partial charge in [0.25, 0.3) is 5.70 Å². The van der Waals surface area contributed by atoms with Crippen molar-refractivity contribution in [3.8, 4) is 0 Å². The van der Waals surface area contributed by atoms with E-state index >= 15 is 0 Å². The SMILES string of the molecule is [C-]#[N+]C(=Cc1ccc(C=Cc2cc(F)c(N(CCCC)CCCC)c(F)c2)s1)C(=O)O. The first-order chi connectivity index (χ1) is 14.9. The highest BCUT2D eigenvalue weighted by Gasteiger charge is 2.17. The number of hydrogen-bond acceptors (Lipinski definition) is 3. The molecule has 0 spiro atoms. The van der Waals surface area contributed by atoms with E-state index < -0.39 is 17.6 Å². The molecule has 0 amide bonds. The van der Waals surface area contributed by atoms with Crippen LogP contribution in [0.4, 0.5) is 14.5 Å². The van der Waals surface area contributed by atoms with Crippen LogP contribution in [0.2, 0.25) is 0 Å². The van der Waals surface area contributed by atoms with Gasteiger partial charge in [-0.15, -0.1) is 11.3 Å². The van der Waals surface area contributed by atoms with Crippen molar-refractivity contribution in [1.82, 2.24) is 0 Å². The second-order valence-corrected chi connectivity index (χ2v) is 8.19. The summed E-state index contributed by atoms with van der Waals surface area (Å²) in [4.78, 5) is 17.1. The molecule has 0 saturated carbocycles. The Bertz CT molecular complexity index is 974. The molecule has 164 valence electrons. The zero-order valence-corrected chi connectivity index (χ0v) is 18.5.